The molecule has 0 radical (unpaired) electrons. The Kier molecular flexibility index (Phi) is 59.7. The second-order valence-electron chi connectivity index (χ2n) is 31.9. The molecule has 5 unspecified atom stereocenters. The number of carbonyl (C=O) groups is 3. The summed E-state index contributed by atoms with van der Waals surface area (Å²) in [5, 5.41) is 49.3. The summed E-state index contributed by atoms with van der Waals surface area (Å²) in [7, 11) is 4.71. The number of hydrogen-bond donors (Lipinski definition) is 6. The molecule has 10 rings (SSSR count). The SMILES string of the molecule is C.CCN1CCN(C(=O)OC(C)(C)C)CC1.CCc1cc(CC)cc(OCN2CCN(C(=O)OC(C)(C)C)CC2)c1.CCc1cc(CC)cc(OCN2CCN(CS(C)=S)CC2)c1.CCc1cc(O)cc(CC)c1.CS(=S)CC=O.CS(=S)CN1CCN(COc2cc(CO)cc(CO)c2)CC1.OCc1cc(CO)cc(OCN2CCNCC2)c1.PP. The van der Waals surface area contributed by atoms with Gasteiger partial charge in [0.05, 0.1) is 32.2 Å². The fraction of sp³-hybridized carbons (Fsp3) is 0.633. The van der Waals surface area contributed by atoms with Gasteiger partial charge in [0, 0.05) is 143 Å². The molecule has 5 aromatic carbocycles. The number of rotatable bonds is 29. The molecule has 24 nitrogen and oxygen atoms in total. The van der Waals surface area contributed by atoms with Crippen molar-refractivity contribution in [1.29, 1.82) is 0 Å². The number of phenols is 1. The van der Waals surface area contributed by atoms with Crippen LogP contribution in [0, 0.1) is 0 Å². The standard InChI is InChI=1S/C20H32N2O3.C17H28N2OS2.C15H24N2O3S2.C13H20N2O3.C11H22N2O2.C10H14O.C3H6OS2.CH4.H4P2/c1-6-16-12-17(7-2)14-18(13-16)24-15-21-8-10-22(11-9-21)19(23)25-20(3,4)5;1-4-15-10-16(5-2)12-17(11-15)20-13-18-6-8-19(9-7-18)14-22(3)21;1-22(21)12-17-4-2-16(3-5-17)11-20-15-7-13(9-18)6-14(8-15)10-19;16-8-11-5-12(9-17)7-13(6-11)18-10-15-3-1-14-2-4-15;1-5-12-6-8-13(9-7-12)10(14)15-11(2,3)4;1-3-8-5-9(4-2)7-10(11)6-8;1-6(5)3-2-4;;1-2/h12-14H,6-11,15H2,1-5H3;10-12H,4-9,13-14H2,1-3H3;6-8,18-19H,2-5,9-12H2,1H3;5-7,14,16-17H,1-4,8-10H2;5-9H2,1-4H3;5-7,11H,3-4H2,1-2H3;2H,3H2,1H3;1H4;1-2H2. The van der Waals surface area contributed by atoms with Crippen LogP contribution in [0.3, 0.4) is 0 Å². The third kappa shape index (κ3) is 49.7. The molecular weight excluding hydrogens is 1700 g/mol. The summed E-state index contributed by atoms with van der Waals surface area (Å²) in [5.74, 6) is 6.33. The highest BCUT2D eigenvalue weighted by molar-refractivity contribution is 8.29. The van der Waals surface area contributed by atoms with Crippen LogP contribution in [0.1, 0.15) is 153 Å². The smallest absolute Gasteiger partial charge is 0.410 e. The van der Waals surface area contributed by atoms with E-state index < -0.39 is 5.60 Å². The number of nitrogens with one attached hydrogen (secondary N) is 1. The van der Waals surface area contributed by atoms with Crippen molar-refractivity contribution in [3.8, 4) is 28.7 Å². The van der Waals surface area contributed by atoms with E-state index in [9.17, 15) is 29.7 Å². The van der Waals surface area contributed by atoms with E-state index >= 15 is 0 Å². The van der Waals surface area contributed by atoms with Crippen LogP contribution in [0.4, 0.5) is 9.59 Å². The first-order valence-corrected chi connectivity index (χ1v) is 53.3. The second kappa shape index (κ2) is 64.2. The van der Waals surface area contributed by atoms with Crippen LogP contribution in [0.25, 0.3) is 0 Å². The van der Waals surface area contributed by atoms with Crippen LogP contribution in [0.2, 0.25) is 0 Å². The van der Waals surface area contributed by atoms with Gasteiger partial charge >= 0.3 is 12.2 Å². The van der Waals surface area contributed by atoms with Crippen LogP contribution in [0.5, 0.6) is 28.7 Å². The normalized spacial score (nSPS) is 16.3. The largest absolute Gasteiger partial charge is 0.508 e. The number of nitrogens with zero attached hydrogens (tertiary/aromatic N) is 9. The number of hydrogen-bond acceptors (Lipinski definition) is 25. The van der Waals surface area contributed by atoms with Gasteiger partial charge in [-0.3, -0.25) is 29.4 Å². The fourth-order valence-corrected chi connectivity index (χ4v) is 15.5. The Balaban J connectivity index is 0.000000493. The van der Waals surface area contributed by atoms with Gasteiger partial charge < -0.3 is 78.8 Å². The summed E-state index contributed by atoms with van der Waals surface area (Å²) in [4.78, 5) is 53.2. The third-order valence-electron chi connectivity index (χ3n) is 19.6. The molecule has 122 heavy (non-hydrogen) atoms. The van der Waals surface area contributed by atoms with Crippen molar-refractivity contribution in [2.45, 2.75) is 174 Å². The van der Waals surface area contributed by atoms with Crippen molar-refractivity contribution >= 4 is 98.3 Å². The highest BCUT2D eigenvalue weighted by Crippen LogP contribution is 2.25. The van der Waals surface area contributed by atoms with Gasteiger partial charge in [-0.25, -0.2) is 9.59 Å². The summed E-state index contributed by atoms with van der Waals surface area (Å²) in [5.41, 5.74) is 9.96. The number of carbonyl (C=O) groups excluding carboxylic acids is 3. The first kappa shape index (κ1) is 113. The number of amides is 2. The van der Waals surface area contributed by atoms with Gasteiger partial charge in [-0.05, 0) is 222 Å². The van der Waals surface area contributed by atoms with E-state index in [1.165, 1.54) is 33.4 Å². The number of piperazine rings is 5. The molecule has 5 aliphatic heterocycles. The molecule has 0 aliphatic carbocycles. The number of phenolic OH excluding ortho intramolecular Hbond substituents is 1. The lowest BCUT2D eigenvalue weighted by atomic mass is 10.1. The van der Waals surface area contributed by atoms with Gasteiger partial charge in [-0.2, -0.15) is 0 Å². The van der Waals surface area contributed by atoms with E-state index in [0.29, 0.717) is 63.0 Å². The monoisotopic (exact) mass is 1850 g/mol. The summed E-state index contributed by atoms with van der Waals surface area (Å²) < 4.78 is 34.3. The third-order valence-corrected chi connectivity index (χ3v) is 22.7. The van der Waals surface area contributed by atoms with Gasteiger partial charge in [0.1, 0.15) is 73.2 Å². The highest BCUT2D eigenvalue weighted by atomic mass is 32.8. The average molecular weight is 1850 g/mol. The molecule has 5 heterocycles. The van der Waals surface area contributed by atoms with Crippen molar-refractivity contribution in [1.82, 2.24) is 49.4 Å². The van der Waals surface area contributed by atoms with E-state index in [4.69, 9.17) is 61.0 Å². The van der Waals surface area contributed by atoms with Crippen LogP contribution in [-0.2, 0) is 141 Å². The van der Waals surface area contributed by atoms with Crippen LogP contribution in [-0.4, -0.2) is 300 Å². The predicted molar refractivity (Wildman–Crippen MR) is 525 cm³/mol. The number of aromatic hydroxyl groups is 1. The highest BCUT2D eigenvalue weighted by Gasteiger charge is 2.28. The van der Waals surface area contributed by atoms with Crippen molar-refractivity contribution in [3.63, 3.8) is 0 Å². The lowest BCUT2D eigenvalue weighted by molar-refractivity contribution is -0.105. The zero-order valence-electron chi connectivity index (χ0n) is 75.6. The Bertz CT molecular complexity index is 3600. The second-order valence-corrected chi connectivity index (χ2v) is 41.3. The molecule has 5 aromatic rings. The number of aliphatic hydroxyl groups is 4. The molecule has 0 spiro atoms. The number of ether oxygens (including phenoxy) is 6. The predicted octanol–water partition coefficient (Wildman–Crippen LogP) is 11.6. The van der Waals surface area contributed by atoms with Crippen molar-refractivity contribution in [2.75, 3.05) is 201 Å². The molecule has 5 aliphatic rings. The van der Waals surface area contributed by atoms with Gasteiger partial charge in [0.25, 0.3) is 0 Å². The molecule has 6 N–H and O–H groups in total. The Labute approximate surface area is 760 Å². The van der Waals surface area contributed by atoms with E-state index in [1.54, 1.807) is 34.1 Å². The molecule has 5 saturated heterocycles. The van der Waals surface area contributed by atoms with E-state index in [0.717, 1.165) is 215 Å². The van der Waals surface area contributed by atoms with Gasteiger partial charge in [0.2, 0.25) is 0 Å². The lowest BCUT2D eigenvalue weighted by Crippen LogP contribution is -2.50. The van der Waals surface area contributed by atoms with Crippen molar-refractivity contribution < 1.29 is 68.3 Å². The maximum absolute atomic E-state index is 12.1. The summed E-state index contributed by atoms with van der Waals surface area (Å²) in [6, 6.07) is 29.7. The lowest BCUT2D eigenvalue weighted by Gasteiger charge is -2.35. The Morgan fingerprint density at radius 2 is 0.623 bits per heavy atom. The first-order chi connectivity index (χ1) is 57.8. The zero-order valence-corrected chi connectivity index (χ0v) is 82.9. The quantitative estimate of drug-likeness (QED) is 0.0192. The molecule has 5 fully saturated rings. The molecule has 0 saturated carbocycles. The number of likely N-dealkylation sites (N-methyl/N-ethyl adjacent to an activating group) is 1. The molecule has 32 heteroatoms. The molecule has 694 valence electrons. The molecule has 0 bridgehead atoms. The summed E-state index contributed by atoms with van der Waals surface area (Å²) in [6.45, 7) is 48.3. The molecule has 0 aromatic heterocycles. The topological polar surface area (TPSA) is 249 Å². The Morgan fingerprint density at radius 1 is 0.385 bits per heavy atom. The van der Waals surface area contributed by atoms with Crippen LogP contribution >= 0.6 is 17.9 Å². The maximum atomic E-state index is 12.1. The zero-order chi connectivity index (χ0) is 89.9. The summed E-state index contributed by atoms with van der Waals surface area (Å²) >= 11 is 15.2. The fourth-order valence-electron chi connectivity index (χ4n) is 12.7. The minimum absolute atomic E-state index is 0. The molecular formula is C90H154N10O14P2S6. The number of aliphatic hydroxyl groups excluding tert-OH is 4. The minimum atomic E-state index is -0.446. The Hall–Kier alpha value is -4.60. The van der Waals surface area contributed by atoms with Crippen molar-refractivity contribution in [3.05, 3.63) is 147 Å². The van der Waals surface area contributed by atoms with Crippen molar-refractivity contribution in [2.24, 2.45) is 0 Å². The Morgan fingerprint density at radius 3 is 0.852 bits per heavy atom. The minimum Gasteiger partial charge on any atom is -0.508 e. The number of aldehydes is 1. The van der Waals surface area contributed by atoms with Gasteiger partial charge in [-0.15, -0.1) is 46.2 Å². The van der Waals surface area contributed by atoms with Crippen LogP contribution in [0.15, 0.2) is 91.0 Å². The maximum Gasteiger partial charge on any atom is 0.410 e. The summed E-state index contributed by atoms with van der Waals surface area (Å²) in [6.07, 6.45) is 12.7. The van der Waals surface area contributed by atoms with Crippen LogP contribution < -0.4 is 24.3 Å². The number of benzene rings is 5. The van der Waals surface area contributed by atoms with E-state index in [1.807, 2.05) is 72.1 Å². The van der Waals surface area contributed by atoms with Gasteiger partial charge in [-0.1, -0.05) is 120 Å². The van der Waals surface area contributed by atoms with Gasteiger partial charge in [0.15, 0.2) is 0 Å². The van der Waals surface area contributed by atoms with E-state index in [2.05, 4.69) is 172 Å². The number of aryl methyl sites for hydroxylation is 6. The van der Waals surface area contributed by atoms with E-state index in [-0.39, 0.29) is 80.0 Å². The average Bonchev–Trinajstić information content (AvgIpc) is 0.875. The molecule has 5 atom stereocenters. The molecule has 2 amide bonds. The first-order valence-electron chi connectivity index (χ1n) is 42.5.